The molecule has 0 aromatic carbocycles. The van der Waals surface area contributed by atoms with Gasteiger partial charge in [0.05, 0.1) is 6.20 Å². The number of hydrogen-bond donors (Lipinski definition) is 1. The average molecular weight is 226 g/mol. The van der Waals surface area contributed by atoms with E-state index in [0.29, 0.717) is 11.4 Å². The summed E-state index contributed by atoms with van der Waals surface area (Å²) in [6, 6.07) is 0. The van der Waals surface area contributed by atoms with Crippen LogP contribution in [0.25, 0.3) is 0 Å². The van der Waals surface area contributed by atoms with Gasteiger partial charge in [-0.1, -0.05) is 31.5 Å². The minimum absolute atomic E-state index is 0.415. The SMILES string of the molecule is CCCCC(Sc1cnccn1)C(=O)O. The summed E-state index contributed by atoms with van der Waals surface area (Å²) in [6.07, 6.45) is 7.33. The molecule has 0 bridgehead atoms. The molecule has 0 saturated heterocycles. The molecule has 1 unspecified atom stereocenters. The molecule has 82 valence electrons. The van der Waals surface area contributed by atoms with Crippen molar-refractivity contribution in [1.82, 2.24) is 9.97 Å². The van der Waals surface area contributed by atoms with Crippen molar-refractivity contribution in [3.8, 4) is 0 Å². The van der Waals surface area contributed by atoms with Crippen LogP contribution >= 0.6 is 11.8 Å². The molecule has 0 spiro atoms. The molecule has 0 amide bonds. The lowest BCUT2D eigenvalue weighted by Crippen LogP contribution is -2.16. The molecule has 0 aliphatic rings. The first kappa shape index (κ1) is 12.0. The minimum atomic E-state index is -0.779. The van der Waals surface area contributed by atoms with Gasteiger partial charge in [0.15, 0.2) is 0 Å². The second-order valence-electron chi connectivity index (χ2n) is 3.13. The Morgan fingerprint density at radius 3 is 2.93 bits per heavy atom. The number of unbranched alkanes of at least 4 members (excludes halogenated alkanes) is 1. The van der Waals surface area contributed by atoms with Gasteiger partial charge in [-0.15, -0.1) is 0 Å². The molecular formula is C10H14N2O2S. The van der Waals surface area contributed by atoms with Crippen molar-refractivity contribution in [3.63, 3.8) is 0 Å². The van der Waals surface area contributed by atoms with E-state index in [0.717, 1.165) is 12.8 Å². The van der Waals surface area contributed by atoms with Gasteiger partial charge in [-0.3, -0.25) is 9.78 Å². The number of hydrogen-bond acceptors (Lipinski definition) is 4. The molecule has 1 N–H and O–H groups in total. The summed E-state index contributed by atoms with van der Waals surface area (Å²) in [7, 11) is 0. The van der Waals surface area contributed by atoms with E-state index in [1.54, 1.807) is 18.6 Å². The molecule has 1 atom stereocenters. The van der Waals surface area contributed by atoms with Crippen LogP contribution in [0.4, 0.5) is 0 Å². The van der Waals surface area contributed by atoms with E-state index in [4.69, 9.17) is 5.11 Å². The van der Waals surface area contributed by atoms with Crippen molar-refractivity contribution < 1.29 is 9.90 Å². The Morgan fingerprint density at radius 2 is 2.40 bits per heavy atom. The number of thioether (sulfide) groups is 1. The topological polar surface area (TPSA) is 63.1 Å². The fourth-order valence-corrected chi connectivity index (χ4v) is 2.03. The molecule has 0 saturated carbocycles. The third-order valence-electron chi connectivity index (χ3n) is 1.90. The highest BCUT2D eigenvalue weighted by Gasteiger charge is 2.18. The fourth-order valence-electron chi connectivity index (χ4n) is 1.11. The number of aromatic nitrogens is 2. The van der Waals surface area contributed by atoms with E-state index in [-0.39, 0.29) is 0 Å². The third kappa shape index (κ3) is 4.29. The standard InChI is InChI=1S/C10H14N2O2S/c1-2-3-4-8(10(13)14)15-9-7-11-5-6-12-9/h5-8H,2-4H2,1H3,(H,13,14). The molecule has 0 fully saturated rings. The predicted molar refractivity (Wildman–Crippen MR) is 58.8 cm³/mol. The van der Waals surface area contributed by atoms with Crippen LogP contribution in [-0.2, 0) is 4.79 Å². The van der Waals surface area contributed by atoms with E-state index in [1.165, 1.54) is 11.8 Å². The van der Waals surface area contributed by atoms with Gasteiger partial charge < -0.3 is 5.11 Å². The summed E-state index contributed by atoms with van der Waals surface area (Å²) in [5.41, 5.74) is 0. The van der Waals surface area contributed by atoms with Gasteiger partial charge in [-0.05, 0) is 6.42 Å². The lowest BCUT2D eigenvalue weighted by atomic mass is 10.2. The Labute approximate surface area is 93.1 Å². The number of rotatable bonds is 6. The summed E-state index contributed by atoms with van der Waals surface area (Å²) in [4.78, 5) is 18.9. The largest absolute Gasteiger partial charge is 0.480 e. The Hall–Kier alpha value is -1.10. The second kappa shape index (κ2) is 6.40. The van der Waals surface area contributed by atoms with Gasteiger partial charge in [-0.2, -0.15) is 0 Å². The summed E-state index contributed by atoms with van der Waals surface area (Å²) in [5.74, 6) is -0.779. The molecule has 1 aromatic rings. The van der Waals surface area contributed by atoms with Crippen molar-refractivity contribution in [3.05, 3.63) is 18.6 Å². The third-order valence-corrected chi connectivity index (χ3v) is 3.07. The van der Waals surface area contributed by atoms with Gasteiger partial charge in [0.2, 0.25) is 0 Å². The summed E-state index contributed by atoms with van der Waals surface area (Å²) < 4.78 is 0. The Kier molecular flexibility index (Phi) is 5.10. The maximum atomic E-state index is 10.9. The zero-order chi connectivity index (χ0) is 11.1. The van der Waals surface area contributed by atoms with Gasteiger partial charge in [-0.25, -0.2) is 4.98 Å². The van der Waals surface area contributed by atoms with Crippen molar-refractivity contribution >= 4 is 17.7 Å². The van der Waals surface area contributed by atoms with Crippen molar-refractivity contribution in [2.45, 2.75) is 36.5 Å². The van der Waals surface area contributed by atoms with E-state index in [1.807, 2.05) is 6.92 Å². The first-order chi connectivity index (χ1) is 7.24. The molecular weight excluding hydrogens is 212 g/mol. The van der Waals surface area contributed by atoms with Crippen LogP contribution in [0, 0.1) is 0 Å². The van der Waals surface area contributed by atoms with Gasteiger partial charge >= 0.3 is 5.97 Å². The number of carbonyl (C=O) groups is 1. The highest BCUT2D eigenvalue weighted by atomic mass is 32.2. The maximum absolute atomic E-state index is 10.9. The zero-order valence-corrected chi connectivity index (χ0v) is 9.41. The average Bonchev–Trinajstić information content (AvgIpc) is 2.25. The number of aliphatic carboxylic acids is 1. The Balaban J connectivity index is 2.55. The minimum Gasteiger partial charge on any atom is -0.480 e. The number of carboxylic acids is 1. The van der Waals surface area contributed by atoms with Crippen LogP contribution in [0.3, 0.4) is 0 Å². The van der Waals surface area contributed by atoms with E-state index >= 15 is 0 Å². The highest BCUT2D eigenvalue weighted by molar-refractivity contribution is 8.00. The van der Waals surface area contributed by atoms with E-state index in [9.17, 15) is 4.79 Å². The molecule has 0 aliphatic heterocycles. The normalized spacial score (nSPS) is 12.3. The zero-order valence-electron chi connectivity index (χ0n) is 8.59. The first-order valence-electron chi connectivity index (χ1n) is 4.89. The quantitative estimate of drug-likeness (QED) is 0.753. The maximum Gasteiger partial charge on any atom is 0.317 e. The molecule has 0 radical (unpaired) electrons. The molecule has 5 heteroatoms. The first-order valence-corrected chi connectivity index (χ1v) is 5.77. The molecule has 4 nitrogen and oxygen atoms in total. The number of nitrogens with zero attached hydrogens (tertiary/aromatic N) is 2. The lowest BCUT2D eigenvalue weighted by Gasteiger charge is -2.09. The smallest absolute Gasteiger partial charge is 0.317 e. The van der Waals surface area contributed by atoms with Crippen molar-refractivity contribution in [2.24, 2.45) is 0 Å². The molecule has 0 aliphatic carbocycles. The second-order valence-corrected chi connectivity index (χ2v) is 4.35. The van der Waals surface area contributed by atoms with Gasteiger partial charge in [0, 0.05) is 12.4 Å². The Morgan fingerprint density at radius 1 is 1.60 bits per heavy atom. The molecule has 15 heavy (non-hydrogen) atoms. The van der Waals surface area contributed by atoms with Crippen molar-refractivity contribution in [1.29, 1.82) is 0 Å². The highest BCUT2D eigenvalue weighted by Crippen LogP contribution is 2.24. The number of carboxylic acid groups (broad SMARTS) is 1. The van der Waals surface area contributed by atoms with Crippen LogP contribution in [0.1, 0.15) is 26.2 Å². The van der Waals surface area contributed by atoms with Crippen LogP contribution in [0.2, 0.25) is 0 Å². The lowest BCUT2D eigenvalue weighted by molar-refractivity contribution is -0.136. The summed E-state index contributed by atoms with van der Waals surface area (Å²) >= 11 is 1.26. The van der Waals surface area contributed by atoms with E-state index < -0.39 is 11.2 Å². The van der Waals surface area contributed by atoms with Gasteiger partial charge in [0.1, 0.15) is 10.3 Å². The molecule has 1 heterocycles. The van der Waals surface area contributed by atoms with Crippen molar-refractivity contribution in [2.75, 3.05) is 0 Å². The molecule has 1 rings (SSSR count). The monoisotopic (exact) mass is 226 g/mol. The van der Waals surface area contributed by atoms with Crippen LogP contribution in [0.15, 0.2) is 23.6 Å². The summed E-state index contributed by atoms with van der Waals surface area (Å²) in [6.45, 7) is 2.05. The van der Waals surface area contributed by atoms with Gasteiger partial charge in [0.25, 0.3) is 0 Å². The van der Waals surface area contributed by atoms with Crippen LogP contribution < -0.4 is 0 Å². The van der Waals surface area contributed by atoms with E-state index in [2.05, 4.69) is 9.97 Å². The van der Waals surface area contributed by atoms with Crippen LogP contribution in [-0.4, -0.2) is 26.3 Å². The summed E-state index contributed by atoms with van der Waals surface area (Å²) in [5, 5.41) is 9.24. The Bertz CT molecular complexity index is 306. The predicted octanol–water partition coefficient (Wildman–Crippen LogP) is 2.21. The van der Waals surface area contributed by atoms with Crippen LogP contribution in [0.5, 0.6) is 0 Å². The molecule has 1 aromatic heterocycles. The fraction of sp³-hybridized carbons (Fsp3) is 0.500.